The predicted molar refractivity (Wildman–Crippen MR) is 94.6 cm³/mol. The number of amides is 1. The number of ether oxygens (including phenoxy) is 2. The third-order valence-corrected chi connectivity index (χ3v) is 5.12. The minimum atomic E-state index is -3.54. The first-order chi connectivity index (χ1) is 11.0. The molecule has 0 fully saturated rings. The molecule has 1 N–H and O–H groups in total. The van der Waals surface area contributed by atoms with Crippen molar-refractivity contribution >= 4 is 21.6 Å². The number of hydrogen-bond acceptors (Lipinski definition) is 5. The second kappa shape index (κ2) is 7.29. The summed E-state index contributed by atoms with van der Waals surface area (Å²) in [6.45, 7) is 7.08. The summed E-state index contributed by atoms with van der Waals surface area (Å²) < 4.78 is 36.0. The number of nitrogens with zero attached hydrogens (tertiary/aromatic N) is 1. The highest BCUT2D eigenvalue weighted by atomic mass is 32.2. The zero-order valence-electron chi connectivity index (χ0n) is 15.3. The van der Waals surface area contributed by atoms with Gasteiger partial charge in [-0.15, -0.1) is 0 Å². The van der Waals surface area contributed by atoms with E-state index in [1.165, 1.54) is 33.4 Å². The molecule has 0 aromatic heterocycles. The molecule has 0 atom stereocenters. The Bertz CT molecular complexity index is 708. The number of rotatable bonds is 6. The van der Waals surface area contributed by atoms with Gasteiger partial charge in [-0.25, -0.2) is 8.42 Å². The molecule has 0 radical (unpaired) electrons. The monoisotopic (exact) mass is 358 g/mol. The first-order valence-electron chi connectivity index (χ1n) is 7.52. The molecule has 0 saturated carbocycles. The summed E-state index contributed by atoms with van der Waals surface area (Å²) in [7, 11) is 0.775. The van der Waals surface area contributed by atoms with Crippen LogP contribution in [0.2, 0.25) is 0 Å². The molecule has 0 saturated heterocycles. The zero-order valence-corrected chi connectivity index (χ0v) is 16.1. The van der Waals surface area contributed by atoms with Crippen molar-refractivity contribution in [3.63, 3.8) is 0 Å². The normalized spacial score (nSPS) is 11.8. The van der Waals surface area contributed by atoms with E-state index in [0.717, 1.165) is 4.31 Å². The first-order valence-corrected chi connectivity index (χ1v) is 9.13. The van der Waals surface area contributed by atoms with Crippen LogP contribution in [-0.2, 0) is 10.0 Å². The largest absolute Gasteiger partial charge is 0.493 e. The van der Waals surface area contributed by atoms with Gasteiger partial charge in [0.15, 0.2) is 11.5 Å². The molecule has 0 aliphatic heterocycles. The maximum absolute atomic E-state index is 12.6. The number of benzene rings is 1. The fraction of sp³-hybridized carbons (Fsp3) is 0.562. The Kier molecular flexibility index (Phi) is 6.10. The van der Waals surface area contributed by atoms with Gasteiger partial charge in [0.25, 0.3) is 5.91 Å². The van der Waals surface area contributed by atoms with Crippen LogP contribution in [0.15, 0.2) is 12.1 Å². The lowest BCUT2D eigenvalue weighted by atomic mass is 10.1. The summed E-state index contributed by atoms with van der Waals surface area (Å²) >= 11 is 0. The molecule has 136 valence electrons. The van der Waals surface area contributed by atoms with E-state index in [9.17, 15) is 13.2 Å². The second-order valence-electron chi connectivity index (χ2n) is 6.30. The SMILES string of the molecule is CCS(=O)(=O)N(C)c1cc(OC)c(OC)cc1C(=O)NC(C)(C)C. The molecule has 8 heteroatoms. The van der Waals surface area contributed by atoms with Crippen molar-refractivity contribution in [1.29, 1.82) is 0 Å². The highest BCUT2D eigenvalue weighted by molar-refractivity contribution is 7.92. The number of nitrogens with one attached hydrogen (secondary N) is 1. The molecule has 0 bridgehead atoms. The third-order valence-electron chi connectivity index (χ3n) is 3.36. The van der Waals surface area contributed by atoms with E-state index in [2.05, 4.69) is 5.32 Å². The topological polar surface area (TPSA) is 84.9 Å². The van der Waals surface area contributed by atoms with Crippen LogP contribution < -0.4 is 19.1 Å². The smallest absolute Gasteiger partial charge is 0.253 e. The molecule has 24 heavy (non-hydrogen) atoms. The summed E-state index contributed by atoms with van der Waals surface area (Å²) in [5, 5.41) is 2.83. The highest BCUT2D eigenvalue weighted by Gasteiger charge is 2.26. The van der Waals surface area contributed by atoms with Crippen LogP contribution in [0.1, 0.15) is 38.1 Å². The first kappa shape index (κ1) is 20.1. The summed E-state index contributed by atoms with van der Waals surface area (Å²) in [4.78, 5) is 12.6. The van der Waals surface area contributed by atoms with Gasteiger partial charge in [-0.05, 0) is 33.8 Å². The van der Waals surface area contributed by atoms with Crippen molar-refractivity contribution in [2.24, 2.45) is 0 Å². The Morgan fingerprint density at radius 1 is 1.17 bits per heavy atom. The number of carbonyl (C=O) groups is 1. The van der Waals surface area contributed by atoms with Crippen molar-refractivity contribution in [1.82, 2.24) is 5.32 Å². The van der Waals surface area contributed by atoms with Gasteiger partial charge >= 0.3 is 0 Å². The molecule has 1 aromatic carbocycles. The number of anilines is 1. The maximum Gasteiger partial charge on any atom is 0.253 e. The minimum absolute atomic E-state index is 0.0851. The molecule has 0 aliphatic rings. The van der Waals surface area contributed by atoms with Gasteiger partial charge in [0.2, 0.25) is 10.0 Å². The maximum atomic E-state index is 12.6. The van der Waals surface area contributed by atoms with Crippen LogP contribution in [0, 0.1) is 0 Å². The van der Waals surface area contributed by atoms with Crippen molar-refractivity contribution < 1.29 is 22.7 Å². The Morgan fingerprint density at radius 2 is 1.67 bits per heavy atom. The number of carbonyl (C=O) groups excluding carboxylic acids is 1. The van der Waals surface area contributed by atoms with Crippen LogP contribution in [0.4, 0.5) is 5.69 Å². The standard InChI is InChI=1S/C16H26N2O5S/c1-8-24(20,21)18(5)12-10-14(23-7)13(22-6)9-11(12)15(19)17-16(2,3)4/h9-10H,8H2,1-7H3,(H,17,19). The van der Waals surface area contributed by atoms with Crippen LogP contribution in [-0.4, -0.2) is 46.9 Å². The lowest BCUT2D eigenvalue weighted by Gasteiger charge is -2.25. The van der Waals surface area contributed by atoms with Crippen molar-refractivity contribution in [3.05, 3.63) is 17.7 Å². The van der Waals surface area contributed by atoms with E-state index in [4.69, 9.17) is 9.47 Å². The van der Waals surface area contributed by atoms with Crippen molar-refractivity contribution in [2.75, 3.05) is 31.3 Å². The molecule has 0 unspecified atom stereocenters. The molecule has 0 heterocycles. The Labute approximate surface area is 144 Å². The number of methoxy groups -OCH3 is 2. The second-order valence-corrected chi connectivity index (χ2v) is 8.59. The molecule has 1 aromatic rings. The Balaban J connectivity index is 3.57. The van der Waals surface area contributed by atoms with E-state index in [-0.39, 0.29) is 17.0 Å². The van der Waals surface area contributed by atoms with Crippen molar-refractivity contribution in [2.45, 2.75) is 33.2 Å². The average Bonchev–Trinajstić information content (AvgIpc) is 2.50. The summed E-state index contributed by atoms with van der Waals surface area (Å²) in [5.74, 6) is 0.218. The van der Waals surface area contributed by atoms with Gasteiger partial charge < -0.3 is 14.8 Å². The molecule has 7 nitrogen and oxygen atoms in total. The van der Waals surface area contributed by atoms with Gasteiger partial charge in [-0.2, -0.15) is 0 Å². The van der Waals surface area contributed by atoms with Crippen LogP contribution in [0.25, 0.3) is 0 Å². The van der Waals surface area contributed by atoms with Crippen molar-refractivity contribution in [3.8, 4) is 11.5 Å². The molecule has 0 aliphatic carbocycles. The van der Waals surface area contributed by atoms with Gasteiger partial charge in [-0.1, -0.05) is 0 Å². The Hall–Kier alpha value is -1.96. The lowest BCUT2D eigenvalue weighted by molar-refractivity contribution is 0.0920. The van der Waals surface area contributed by atoms with Gasteiger partial charge in [-0.3, -0.25) is 9.10 Å². The van der Waals surface area contributed by atoms with E-state index >= 15 is 0 Å². The fourth-order valence-electron chi connectivity index (χ4n) is 2.06. The van der Waals surface area contributed by atoms with Gasteiger partial charge in [0.1, 0.15) is 0 Å². The number of hydrogen-bond donors (Lipinski definition) is 1. The summed E-state index contributed by atoms with van der Waals surface area (Å²) in [6.07, 6.45) is 0. The van der Waals surface area contributed by atoms with Crippen LogP contribution in [0.5, 0.6) is 11.5 Å². The number of sulfonamides is 1. The fourth-order valence-corrected chi connectivity index (χ4v) is 2.90. The minimum Gasteiger partial charge on any atom is -0.493 e. The van der Waals surface area contributed by atoms with Crippen LogP contribution in [0.3, 0.4) is 0 Å². The van der Waals surface area contributed by atoms with Gasteiger partial charge in [0, 0.05) is 18.7 Å². The average molecular weight is 358 g/mol. The van der Waals surface area contributed by atoms with E-state index < -0.39 is 21.5 Å². The van der Waals surface area contributed by atoms with E-state index in [1.54, 1.807) is 6.92 Å². The van der Waals surface area contributed by atoms with E-state index in [1.807, 2.05) is 20.8 Å². The van der Waals surface area contributed by atoms with Crippen LogP contribution >= 0.6 is 0 Å². The predicted octanol–water partition coefficient (Wildman–Crippen LogP) is 2.02. The lowest BCUT2D eigenvalue weighted by Crippen LogP contribution is -2.41. The Morgan fingerprint density at radius 3 is 2.08 bits per heavy atom. The summed E-state index contributed by atoms with van der Waals surface area (Å²) in [6, 6.07) is 2.97. The highest BCUT2D eigenvalue weighted by Crippen LogP contribution is 2.36. The zero-order chi connectivity index (χ0) is 18.7. The molecular formula is C16H26N2O5S. The molecule has 1 rings (SSSR count). The van der Waals surface area contributed by atoms with Gasteiger partial charge in [0.05, 0.1) is 31.2 Å². The van der Waals surface area contributed by atoms with E-state index in [0.29, 0.717) is 11.5 Å². The molecule has 0 spiro atoms. The quantitative estimate of drug-likeness (QED) is 0.841. The third kappa shape index (κ3) is 4.53. The molecular weight excluding hydrogens is 332 g/mol. The molecule has 1 amide bonds. The summed E-state index contributed by atoms with van der Waals surface area (Å²) in [5.41, 5.74) is -0.0395.